The summed E-state index contributed by atoms with van der Waals surface area (Å²) >= 11 is 2.10. The van der Waals surface area contributed by atoms with Crippen LogP contribution in [0.15, 0.2) is 17.3 Å². The van der Waals surface area contributed by atoms with Crippen LogP contribution in [0.25, 0.3) is 0 Å². The zero-order chi connectivity index (χ0) is 18.2. The van der Waals surface area contributed by atoms with E-state index in [2.05, 4.69) is 39.3 Å². The minimum Gasteiger partial charge on any atom is -0.357 e. The number of guanidine groups is 1. The number of hydrogen-bond acceptors (Lipinski definition) is 4. The van der Waals surface area contributed by atoms with E-state index >= 15 is 0 Å². The van der Waals surface area contributed by atoms with Crippen molar-refractivity contribution in [1.29, 1.82) is 0 Å². The van der Waals surface area contributed by atoms with Crippen molar-refractivity contribution >= 4 is 41.7 Å². The SMILES string of the molecule is CCNC(=NCc1ccnn1C)NCC1(N2CCSCC2)CCCCC1.I. The Morgan fingerprint density at radius 3 is 2.59 bits per heavy atom. The Balaban J connectivity index is 0.00000261. The molecule has 2 aliphatic rings. The molecule has 0 spiro atoms. The molecule has 2 heterocycles. The minimum atomic E-state index is 0. The van der Waals surface area contributed by atoms with Gasteiger partial charge in [0.05, 0.1) is 12.2 Å². The smallest absolute Gasteiger partial charge is 0.191 e. The van der Waals surface area contributed by atoms with Crippen LogP contribution in [0.2, 0.25) is 0 Å². The molecule has 1 saturated carbocycles. The number of thioether (sulfide) groups is 1. The van der Waals surface area contributed by atoms with Gasteiger partial charge in [-0.1, -0.05) is 19.3 Å². The molecule has 2 N–H and O–H groups in total. The van der Waals surface area contributed by atoms with Crippen molar-refractivity contribution in [3.05, 3.63) is 18.0 Å². The maximum Gasteiger partial charge on any atom is 0.191 e. The highest BCUT2D eigenvalue weighted by Gasteiger charge is 2.38. The van der Waals surface area contributed by atoms with Crippen molar-refractivity contribution in [2.24, 2.45) is 12.0 Å². The molecular formula is C19H35IN6S. The molecule has 6 nitrogen and oxygen atoms in total. The predicted molar refractivity (Wildman–Crippen MR) is 126 cm³/mol. The van der Waals surface area contributed by atoms with Crippen molar-refractivity contribution < 1.29 is 0 Å². The number of aromatic nitrogens is 2. The predicted octanol–water partition coefficient (Wildman–Crippen LogP) is 2.84. The van der Waals surface area contributed by atoms with E-state index in [4.69, 9.17) is 4.99 Å². The van der Waals surface area contributed by atoms with Gasteiger partial charge in [0.15, 0.2) is 5.96 Å². The summed E-state index contributed by atoms with van der Waals surface area (Å²) in [6.45, 7) is 7.11. The van der Waals surface area contributed by atoms with E-state index in [1.54, 1.807) is 0 Å². The molecule has 0 atom stereocenters. The Morgan fingerprint density at radius 1 is 1.22 bits per heavy atom. The fourth-order valence-electron chi connectivity index (χ4n) is 4.16. The standard InChI is InChI=1S/C19H34N6S.HI/c1-3-20-18(21-15-17-7-10-23-24(17)2)22-16-19(8-5-4-6-9-19)25-11-13-26-14-12-25;/h7,10H,3-6,8-9,11-16H2,1-2H3,(H2,20,21,22);1H. The lowest BCUT2D eigenvalue weighted by molar-refractivity contribution is 0.0626. The third-order valence-corrected chi connectivity index (χ3v) is 6.66. The monoisotopic (exact) mass is 506 g/mol. The van der Waals surface area contributed by atoms with Gasteiger partial charge in [-0.3, -0.25) is 9.58 Å². The lowest BCUT2D eigenvalue weighted by atomic mass is 9.80. The molecule has 0 aromatic carbocycles. The lowest BCUT2D eigenvalue weighted by Gasteiger charge is -2.48. The topological polar surface area (TPSA) is 57.5 Å². The molecule has 154 valence electrons. The molecule has 3 rings (SSSR count). The molecule has 0 amide bonds. The highest BCUT2D eigenvalue weighted by molar-refractivity contribution is 14.0. The second-order valence-electron chi connectivity index (χ2n) is 7.38. The summed E-state index contributed by atoms with van der Waals surface area (Å²) in [6, 6.07) is 2.03. The Hall–Kier alpha value is -0.480. The summed E-state index contributed by atoms with van der Waals surface area (Å²) in [5, 5.41) is 11.3. The Morgan fingerprint density at radius 2 is 1.96 bits per heavy atom. The number of halogens is 1. The fraction of sp³-hybridized carbons (Fsp3) is 0.789. The number of aryl methyl sites for hydroxylation is 1. The highest BCUT2D eigenvalue weighted by Crippen LogP contribution is 2.34. The number of hydrogen-bond donors (Lipinski definition) is 2. The molecule has 0 unspecified atom stereocenters. The van der Waals surface area contributed by atoms with E-state index in [1.165, 1.54) is 56.7 Å². The van der Waals surface area contributed by atoms with Gasteiger partial charge in [-0.2, -0.15) is 16.9 Å². The summed E-state index contributed by atoms with van der Waals surface area (Å²) in [5.41, 5.74) is 1.43. The van der Waals surface area contributed by atoms with Crippen LogP contribution in [0.3, 0.4) is 0 Å². The Labute approximate surface area is 185 Å². The second kappa shape index (κ2) is 11.5. The Kier molecular flexibility index (Phi) is 9.72. The van der Waals surface area contributed by atoms with Gasteiger partial charge in [-0.05, 0) is 25.8 Å². The van der Waals surface area contributed by atoms with Crippen molar-refractivity contribution in [3.8, 4) is 0 Å². The summed E-state index contributed by atoms with van der Waals surface area (Å²) in [4.78, 5) is 7.55. The quantitative estimate of drug-likeness (QED) is 0.353. The third kappa shape index (κ3) is 6.25. The van der Waals surface area contributed by atoms with Crippen LogP contribution in [-0.2, 0) is 13.6 Å². The van der Waals surface area contributed by atoms with Crippen molar-refractivity contribution in [2.75, 3.05) is 37.7 Å². The molecule has 0 bridgehead atoms. The van der Waals surface area contributed by atoms with Gasteiger partial charge in [-0.25, -0.2) is 4.99 Å². The van der Waals surface area contributed by atoms with Gasteiger partial charge in [-0.15, -0.1) is 24.0 Å². The number of nitrogens with zero attached hydrogens (tertiary/aromatic N) is 4. The minimum absolute atomic E-state index is 0. The summed E-state index contributed by atoms with van der Waals surface area (Å²) < 4.78 is 1.89. The number of aliphatic imine (C=N–C) groups is 1. The number of rotatable bonds is 6. The van der Waals surface area contributed by atoms with Crippen LogP contribution in [0.1, 0.15) is 44.7 Å². The van der Waals surface area contributed by atoms with Gasteiger partial charge in [0, 0.05) is 56.5 Å². The average molecular weight is 507 g/mol. The molecule has 1 saturated heterocycles. The first kappa shape index (κ1) is 22.8. The van der Waals surface area contributed by atoms with Crippen molar-refractivity contribution in [1.82, 2.24) is 25.3 Å². The first-order chi connectivity index (χ1) is 12.7. The van der Waals surface area contributed by atoms with Crippen LogP contribution >= 0.6 is 35.7 Å². The molecule has 2 fully saturated rings. The van der Waals surface area contributed by atoms with E-state index in [0.717, 1.165) is 24.7 Å². The van der Waals surface area contributed by atoms with Crippen LogP contribution in [0.5, 0.6) is 0 Å². The summed E-state index contributed by atoms with van der Waals surface area (Å²) in [6.07, 6.45) is 8.55. The van der Waals surface area contributed by atoms with Crippen molar-refractivity contribution in [3.63, 3.8) is 0 Å². The zero-order valence-electron chi connectivity index (χ0n) is 16.7. The summed E-state index contributed by atoms with van der Waals surface area (Å²) in [7, 11) is 1.97. The van der Waals surface area contributed by atoms with Crippen LogP contribution < -0.4 is 10.6 Å². The highest BCUT2D eigenvalue weighted by atomic mass is 127. The zero-order valence-corrected chi connectivity index (χ0v) is 19.9. The molecule has 1 aromatic rings. The lowest BCUT2D eigenvalue weighted by Crippen LogP contribution is -2.59. The maximum absolute atomic E-state index is 4.79. The van der Waals surface area contributed by atoms with E-state index in [0.29, 0.717) is 12.1 Å². The maximum atomic E-state index is 4.79. The Bertz CT molecular complexity index is 579. The molecule has 0 radical (unpaired) electrons. The first-order valence-electron chi connectivity index (χ1n) is 10.1. The average Bonchev–Trinajstić information content (AvgIpc) is 3.10. The van der Waals surface area contributed by atoms with Gasteiger partial charge < -0.3 is 10.6 Å². The molecule has 1 aliphatic heterocycles. The summed E-state index contributed by atoms with van der Waals surface area (Å²) in [5.74, 6) is 3.47. The van der Waals surface area contributed by atoms with E-state index in [9.17, 15) is 0 Å². The van der Waals surface area contributed by atoms with E-state index < -0.39 is 0 Å². The van der Waals surface area contributed by atoms with Crippen LogP contribution in [-0.4, -0.2) is 63.9 Å². The van der Waals surface area contributed by atoms with Crippen molar-refractivity contribution in [2.45, 2.75) is 51.1 Å². The fourth-order valence-corrected chi connectivity index (χ4v) is 5.06. The molecule has 1 aromatic heterocycles. The van der Waals surface area contributed by atoms with Gasteiger partial charge in [0.1, 0.15) is 0 Å². The largest absolute Gasteiger partial charge is 0.357 e. The normalized spacial score (nSPS) is 20.7. The van der Waals surface area contributed by atoms with Gasteiger partial charge in [0.2, 0.25) is 0 Å². The third-order valence-electron chi connectivity index (χ3n) is 5.72. The first-order valence-corrected chi connectivity index (χ1v) is 11.2. The molecular weight excluding hydrogens is 471 g/mol. The molecule has 27 heavy (non-hydrogen) atoms. The van der Waals surface area contributed by atoms with Crippen LogP contribution in [0, 0.1) is 0 Å². The van der Waals surface area contributed by atoms with E-state index in [-0.39, 0.29) is 24.0 Å². The molecule has 8 heteroatoms. The molecule has 1 aliphatic carbocycles. The van der Waals surface area contributed by atoms with Crippen LogP contribution in [0.4, 0.5) is 0 Å². The second-order valence-corrected chi connectivity index (χ2v) is 8.60. The van der Waals surface area contributed by atoms with Gasteiger partial charge >= 0.3 is 0 Å². The van der Waals surface area contributed by atoms with E-state index in [1.807, 2.05) is 24.0 Å². The number of nitrogens with one attached hydrogen (secondary N) is 2. The van der Waals surface area contributed by atoms with Gasteiger partial charge in [0.25, 0.3) is 0 Å².